The topological polar surface area (TPSA) is 55.6 Å². The van der Waals surface area contributed by atoms with Gasteiger partial charge < -0.3 is 15.4 Å². The number of fused-ring (bicyclic) bond motifs is 2. The Kier molecular flexibility index (Phi) is 2.74. The first-order valence-electron chi connectivity index (χ1n) is 5.26. The highest BCUT2D eigenvalue weighted by Crippen LogP contribution is 2.36. The molecule has 3 unspecified atom stereocenters. The minimum atomic E-state index is 0.203. The Balaban J connectivity index is 1.90. The van der Waals surface area contributed by atoms with Crippen LogP contribution in [0.3, 0.4) is 0 Å². The Morgan fingerprint density at radius 3 is 2.93 bits per heavy atom. The Morgan fingerprint density at radius 2 is 2.36 bits per heavy atom. The number of ether oxygens (including phenoxy) is 1. The third-order valence-corrected chi connectivity index (χ3v) is 3.37. The van der Waals surface area contributed by atoms with E-state index in [1.807, 2.05) is 4.90 Å². The minimum Gasteiger partial charge on any atom is -0.384 e. The summed E-state index contributed by atoms with van der Waals surface area (Å²) in [7, 11) is 1.62. The van der Waals surface area contributed by atoms with Crippen molar-refractivity contribution < 1.29 is 9.53 Å². The van der Waals surface area contributed by atoms with E-state index in [9.17, 15) is 4.79 Å². The molecule has 1 heterocycles. The molecule has 0 spiro atoms. The van der Waals surface area contributed by atoms with Crippen molar-refractivity contribution in [2.75, 3.05) is 20.3 Å². The van der Waals surface area contributed by atoms with Crippen LogP contribution in [0, 0.1) is 5.92 Å². The fourth-order valence-corrected chi connectivity index (χ4v) is 2.70. The van der Waals surface area contributed by atoms with Crippen LogP contribution in [0.25, 0.3) is 0 Å². The number of carbonyl (C=O) groups is 1. The summed E-state index contributed by atoms with van der Waals surface area (Å²) in [5.74, 6) is 0.857. The zero-order chi connectivity index (χ0) is 10.1. The van der Waals surface area contributed by atoms with Gasteiger partial charge in [-0.1, -0.05) is 0 Å². The molecule has 1 saturated heterocycles. The summed E-state index contributed by atoms with van der Waals surface area (Å²) in [4.78, 5) is 13.7. The molecule has 4 heteroatoms. The molecule has 0 radical (unpaired) electrons. The molecule has 1 aliphatic heterocycles. The number of nitrogens with two attached hydrogens (primary N) is 1. The minimum absolute atomic E-state index is 0.203. The molecular weight excluding hydrogens is 180 g/mol. The number of carbonyl (C=O) groups excluding carboxylic acids is 1. The van der Waals surface area contributed by atoms with Gasteiger partial charge in [-0.2, -0.15) is 0 Å². The lowest BCUT2D eigenvalue weighted by Gasteiger charge is -2.31. The number of amides is 1. The maximum Gasteiger partial charge on any atom is 0.225 e. The Labute approximate surface area is 84.4 Å². The lowest BCUT2D eigenvalue weighted by Crippen LogP contribution is -2.48. The third kappa shape index (κ3) is 1.64. The largest absolute Gasteiger partial charge is 0.384 e. The second-order valence-corrected chi connectivity index (χ2v) is 4.36. The SMILES string of the molecule is COCCC(=O)N1CC2CC(N)C1C2. The van der Waals surface area contributed by atoms with Crippen molar-refractivity contribution in [3.05, 3.63) is 0 Å². The highest BCUT2D eigenvalue weighted by atomic mass is 16.5. The van der Waals surface area contributed by atoms with Crippen molar-refractivity contribution in [1.82, 2.24) is 4.90 Å². The first-order chi connectivity index (χ1) is 6.72. The molecule has 80 valence electrons. The predicted octanol–water partition coefficient (Wildman–Crippen LogP) is -0.0290. The van der Waals surface area contributed by atoms with E-state index in [0.717, 1.165) is 19.4 Å². The molecular formula is C10H18N2O2. The van der Waals surface area contributed by atoms with Crippen molar-refractivity contribution in [2.45, 2.75) is 31.3 Å². The van der Waals surface area contributed by atoms with Gasteiger partial charge in [0.05, 0.1) is 13.0 Å². The van der Waals surface area contributed by atoms with Gasteiger partial charge in [0.2, 0.25) is 5.91 Å². The van der Waals surface area contributed by atoms with E-state index in [2.05, 4.69) is 0 Å². The van der Waals surface area contributed by atoms with Gasteiger partial charge in [0, 0.05) is 25.7 Å². The van der Waals surface area contributed by atoms with Gasteiger partial charge in [-0.05, 0) is 18.8 Å². The van der Waals surface area contributed by atoms with E-state index in [0.29, 0.717) is 25.0 Å². The molecule has 0 aromatic heterocycles. The standard InChI is InChI=1S/C10H18N2O2/c1-14-3-2-10(13)12-6-7-4-8(11)9(12)5-7/h7-9H,2-6,11H2,1H3. The van der Waals surface area contributed by atoms with Crippen molar-refractivity contribution in [3.8, 4) is 0 Å². The number of hydrogen-bond donors (Lipinski definition) is 1. The van der Waals surface area contributed by atoms with E-state index in [1.54, 1.807) is 7.11 Å². The smallest absolute Gasteiger partial charge is 0.225 e. The van der Waals surface area contributed by atoms with Crippen LogP contribution in [0.1, 0.15) is 19.3 Å². The van der Waals surface area contributed by atoms with Crippen LogP contribution in [0.2, 0.25) is 0 Å². The highest BCUT2D eigenvalue weighted by Gasteiger charge is 2.44. The van der Waals surface area contributed by atoms with Crippen LogP contribution >= 0.6 is 0 Å². The molecule has 1 amide bonds. The highest BCUT2D eigenvalue weighted by molar-refractivity contribution is 5.77. The summed E-state index contributed by atoms with van der Waals surface area (Å²) >= 11 is 0. The third-order valence-electron chi connectivity index (χ3n) is 3.37. The summed E-state index contributed by atoms with van der Waals surface area (Å²) in [5, 5.41) is 0. The molecule has 1 aliphatic carbocycles. The molecule has 2 fully saturated rings. The molecule has 2 rings (SSSR count). The zero-order valence-corrected chi connectivity index (χ0v) is 8.61. The summed E-state index contributed by atoms with van der Waals surface area (Å²) < 4.78 is 4.90. The number of hydrogen-bond acceptors (Lipinski definition) is 3. The summed E-state index contributed by atoms with van der Waals surface area (Å²) in [6, 6.07) is 0.518. The Bertz CT molecular complexity index is 232. The second kappa shape index (κ2) is 3.87. The molecule has 2 aliphatic rings. The fourth-order valence-electron chi connectivity index (χ4n) is 2.70. The molecule has 4 nitrogen and oxygen atoms in total. The van der Waals surface area contributed by atoms with Crippen LogP contribution < -0.4 is 5.73 Å². The van der Waals surface area contributed by atoms with Crippen molar-refractivity contribution in [2.24, 2.45) is 11.7 Å². The Morgan fingerprint density at radius 1 is 1.57 bits per heavy atom. The van der Waals surface area contributed by atoms with Crippen LogP contribution in [0.15, 0.2) is 0 Å². The van der Waals surface area contributed by atoms with Gasteiger partial charge >= 0.3 is 0 Å². The summed E-state index contributed by atoms with van der Waals surface area (Å²) in [5.41, 5.74) is 5.95. The number of likely N-dealkylation sites (tertiary alicyclic amines) is 1. The van der Waals surface area contributed by atoms with Crippen LogP contribution in [0.5, 0.6) is 0 Å². The average Bonchev–Trinajstić information content (AvgIpc) is 2.72. The van der Waals surface area contributed by atoms with E-state index in [-0.39, 0.29) is 11.9 Å². The van der Waals surface area contributed by atoms with Gasteiger partial charge in [0.1, 0.15) is 0 Å². The Hall–Kier alpha value is -0.610. The average molecular weight is 198 g/mol. The molecule has 2 N–H and O–H groups in total. The van der Waals surface area contributed by atoms with E-state index in [1.165, 1.54) is 0 Å². The monoisotopic (exact) mass is 198 g/mol. The first-order valence-corrected chi connectivity index (χ1v) is 5.26. The molecule has 0 aromatic carbocycles. The fraction of sp³-hybridized carbons (Fsp3) is 0.900. The van der Waals surface area contributed by atoms with Crippen molar-refractivity contribution in [1.29, 1.82) is 0 Å². The lowest BCUT2D eigenvalue weighted by molar-refractivity contribution is -0.134. The maximum atomic E-state index is 11.7. The van der Waals surface area contributed by atoms with Crippen molar-refractivity contribution >= 4 is 5.91 Å². The van der Waals surface area contributed by atoms with Crippen LogP contribution in [0.4, 0.5) is 0 Å². The predicted molar refractivity (Wildman–Crippen MR) is 52.7 cm³/mol. The second-order valence-electron chi connectivity index (χ2n) is 4.36. The van der Waals surface area contributed by atoms with Gasteiger partial charge in [-0.15, -0.1) is 0 Å². The zero-order valence-electron chi connectivity index (χ0n) is 8.61. The maximum absolute atomic E-state index is 11.7. The van der Waals surface area contributed by atoms with E-state index >= 15 is 0 Å². The summed E-state index contributed by atoms with van der Waals surface area (Å²) in [6.45, 7) is 1.43. The van der Waals surface area contributed by atoms with E-state index < -0.39 is 0 Å². The number of piperidine rings is 1. The summed E-state index contributed by atoms with van der Waals surface area (Å²) in [6.07, 6.45) is 2.70. The number of methoxy groups -OCH3 is 1. The molecule has 3 atom stereocenters. The molecule has 14 heavy (non-hydrogen) atoms. The van der Waals surface area contributed by atoms with Gasteiger partial charge in [-0.3, -0.25) is 4.79 Å². The van der Waals surface area contributed by atoms with Crippen molar-refractivity contribution in [3.63, 3.8) is 0 Å². The van der Waals surface area contributed by atoms with E-state index in [4.69, 9.17) is 10.5 Å². The van der Waals surface area contributed by atoms with Gasteiger partial charge in [0.15, 0.2) is 0 Å². The molecule has 2 bridgehead atoms. The quantitative estimate of drug-likeness (QED) is 0.693. The van der Waals surface area contributed by atoms with Crippen LogP contribution in [-0.2, 0) is 9.53 Å². The lowest BCUT2D eigenvalue weighted by atomic mass is 10.1. The first kappa shape index (κ1) is 9.93. The molecule has 1 saturated carbocycles. The normalized spacial score (nSPS) is 35.3. The number of nitrogens with zero attached hydrogens (tertiary/aromatic N) is 1. The van der Waals surface area contributed by atoms with Gasteiger partial charge in [0.25, 0.3) is 0 Å². The molecule has 0 aromatic rings. The van der Waals surface area contributed by atoms with Crippen LogP contribution in [-0.4, -0.2) is 43.2 Å². The number of rotatable bonds is 3. The van der Waals surface area contributed by atoms with Gasteiger partial charge in [-0.25, -0.2) is 0 Å².